The van der Waals surface area contributed by atoms with Crippen LogP contribution in [-0.2, 0) is 65.4 Å². The van der Waals surface area contributed by atoms with Crippen LogP contribution in [0.15, 0.2) is 0 Å². The van der Waals surface area contributed by atoms with Crippen molar-refractivity contribution in [1.29, 1.82) is 0 Å². The molecule has 0 aliphatic carbocycles. The first-order chi connectivity index (χ1) is 42.1. The van der Waals surface area contributed by atoms with Gasteiger partial charge in [-0.3, -0.25) is 37.3 Å². The number of hydrogen-bond acceptors (Lipinski definition) is 15. The molecule has 0 heterocycles. The van der Waals surface area contributed by atoms with E-state index in [0.29, 0.717) is 25.7 Å². The fourth-order valence-corrected chi connectivity index (χ4v) is 11.8. The molecule has 0 radical (unpaired) electrons. The Morgan fingerprint density at radius 3 is 0.816 bits per heavy atom. The summed E-state index contributed by atoms with van der Waals surface area (Å²) in [5.41, 5.74) is 0. The first-order valence-electron chi connectivity index (χ1n) is 35.7. The molecule has 0 fully saturated rings. The number of unbranched alkanes of at least 4 members (excludes halogenated alkanes) is 39. The van der Waals surface area contributed by atoms with E-state index >= 15 is 0 Å². The smallest absolute Gasteiger partial charge is 0.462 e. The van der Waals surface area contributed by atoms with Crippen molar-refractivity contribution in [2.75, 3.05) is 39.6 Å². The summed E-state index contributed by atoms with van der Waals surface area (Å²) in [6, 6.07) is 0. The Morgan fingerprint density at radius 2 is 0.552 bits per heavy atom. The van der Waals surface area contributed by atoms with E-state index < -0.39 is 97.5 Å². The highest BCUT2D eigenvalue weighted by Gasteiger charge is 2.30. The summed E-state index contributed by atoms with van der Waals surface area (Å²) in [7, 11) is -9.89. The number of phosphoric acid groups is 2. The minimum atomic E-state index is -4.95. The Kier molecular flexibility index (Phi) is 60.2. The summed E-state index contributed by atoms with van der Waals surface area (Å²) < 4.78 is 68.1. The molecule has 17 nitrogen and oxygen atoms in total. The molecular weight excluding hydrogens is 1150 g/mol. The average Bonchev–Trinajstić information content (AvgIpc) is 3.59. The first kappa shape index (κ1) is 85.1. The Hall–Kier alpha value is -1.94. The zero-order chi connectivity index (χ0) is 64.2. The van der Waals surface area contributed by atoms with Crippen LogP contribution in [0.25, 0.3) is 0 Å². The Morgan fingerprint density at radius 1 is 0.322 bits per heavy atom. The second kappa shape index (κ2) is 61.6. The van der Waals surface area contributed by atoms with Crippen molar-refractivity contribution in [2.24, 2.45) is 5.92 Å². The topological polar surface area (TPSA) is 237 Å². The molecule has 0 aliphatic rings. The number of aliphatic hydroxyl groups excluding tert-OH is 1. The van der Waals surface area contributed by atoms with Crippen LogP contribution in [0.4, 0.5) is 0 Å². The predicted octanol–water partition coefficient (Wildman–Crippen LogP) is 19.4. The molecular formula is C68H132O17P2. The number of ether oxygens (including phenoxy) is 4. The number of carbonyl (C=O) groups excluding carboxylic acids is 4. The maximum Gasteiger partial charge on any atom is 0.472 e. The lowest BCUT2D eigenvalue weighted by atomic mass is 9.99. The van der Waals surface area contributed by atoms with Crippen LogP contribution in [-0.4, -0.2) is 96.7 Å². The largest absolute Gasteiger partial charge is 0.472 e. The zero-order valence-electron chi connectivity index (χ0n) is 56.2. The highest BCUT2D eigenvalue weighted by molar-refractivity contribution is 7.47. The minimum Gasteiger partial charge on any atom is -0.462 e. The van der Waals surface area contributed by atoms with E-state index in [-0.39, 0.29) is 25.7 Å². The van der Waals surface area contributed by atoms with Gasteiger partial charge in [-0.15, -0.1) is 0 Å². The van der Waals surface area contributed by atoms with Crippen LogP contribution in [0.5, 0.6) is 0 Å². The minimum absolute atomic E-state index is 0.105. The standard InChI is InChI=1S/C68H132O17P2/c1-6-10-13-16-19-22-23-24-25-26-27-28-29-34-39-44-49-54-68(73)85-64(58-79-66(71)52-47-42-38-33-31-30-32-35-40-45-50-61(5)9-4)60-83-87(76,77)81-56-62(69)55-80-86(74,75)82-59-63(84-67(72)53-48-43-37-21-18-15-12-8-3)57-78-65(70)51-46-41-36-20-17-14-11-7-2/h61-64,69H,6-60H2,1-5H3,(H,74,75)(H,76,77)/t61?,62-,63+,64+/m0/s1. The Balaban J connectivity index is 5.19. The van der Waals surface area contributed by atoms with E-state index in [9.17, 15) is 43.2 Å². The van der Waals surface area contributed by atoms with Gasteiger partial charge in [-0.1, -0.05) is 298 Å². The molecule has 0 aliphatic heterocycles. The Labute approximate surface area is 530 Å². The SMILES string of the molecule is CCCCCCCCCCCCCCCCCCCC(=O)O[C@H](COC(=O)CCCCCCCCCCCCC(C)CC)COP(=O)(O)OC[C@@H](O)COP(=O)(O)OC[C@@H](COC(=O)CCCCCCCCCC)OC(=O)CCCCCCCCCC. The molecule has 3 N–H and O–H groups in total. The molecule has 0 amide bonds. The fourth-order valence-electron chi connectivity index (χ4n) is 10.3. The molecule has 87 heavy (non-hydrogen) atoms. The van der Waals surface area contributed by atoms with Crippen molar-refractivity contribution in [3.05, 3.63) is 0 Å². The van der Waals surface area contributed by atoms with E-state index in [1.54, 1.807) is 0 Å². The van der Waals surface area contributed by atoms with E-state index in [1.807, 2.05) is 0 Å². The van der Waals surface area contributed by atoms with Crippen molar-refractivity contribution in [1.82, 2.24) is 0 Å². The van der Waals surface area contributed by atoms with Gasteiger partial charge in [0.1, 0.15) is 19.3 Å². The number of hydrogen-bond donors (Lipinski definition) is 3. The summed E-state index contributed by atoms with van der Waals surface area (Å²) in [6.45, 7) is 7.21. The van der Waals surface area contributed by atoms with Crippen molar-refractivity contribution in [3.8, 4) is 0 Å². The molecule has 516 valence electrons. The normalized spacial score (nSPS) is 14.4. The molecule has 0 aromatic heterocycles. The lowest BCUT2D eigenvalue weighted by Gasteiger charge is -2.21. The summed E-state index contributed by atoms with van der Waals surface area (Å²) in [5, 5.41) is 10.5. The van der Waals surface area contributed by atoms with E-state index in [2.05, 4.69) is 34.6 Å². The van der Waals surface area contributed by atoms with Crippen LogP contribution in [0.3, 0.4) is 0 Å². The summed E-state index contributed by atoms with van der Waals surface area (Å²) in [6.07, 6.45) is 47.2. The number of aliphatic hydroxyl groups is 1. The summed E-state index contributed by atoms with van der Waals surface area (Å²) in [4.78, 5) is 72.3. The van der Waals surface area contributed by atoms with Crippen molar-refractivity contribution in [2.45, 2.75) is 368 Å². The number of rotatable bonds is 68. The third kappa shape index (κ3) is 61.3. The van der Waals surface area contributed by atoms with Crippen LogP contribution in [0.1, 0.15) is 349 Å². The lowest BCUT2D eigenvalue weighted by molar-refractivity contribution is -0.161. The number of phosphoric ester groups is 2. The molecule has 0 saturated heterocycles. The van der Waals surface area contributed by atoms with Gasteiger partial charge in [0.15, 0.2) is 12.2 Å². The van der Waals surface area contributed by atoms with E-state index in [0.717, 1.165) is 109 Å². The van der Waals surface area contributed by atoms with Crippen molar-refractivity contribution in [3.63, 3.8) is 0 Å². The second-order valence-corrected chi connectivity index (χ2v) is 27.7. The maximum absolute atomic E-state index is 13.0. The van der Waals surface area contributed by atoms with Crippen molar-refractivity contribution < 1.29 is 80.2 Å². The fraction of sp³-hybridized carbons (Fsp3) is 0.941. The third-order valence-corrected chi connectivity index (χ3v) is 18.0. The highest BCUT2D eigenvalue weighted by Crippen LogP contribution is 2.45. The number of esters is 4. The summed E-state index contributed by atoms with van der Waals surface area (Å²) in [5.74, 6) is -1.32. The summed E-state index contributed by atoms with van der Waals surface area (Å²) >= 11 is 0. The molecule has 0 saturated carbocycles. The van der Waals surface area contributed by atoms with E-state index in [1.165, 1.54) is 161 Å². The molecule has 0 aromatic rings. The lowest BCUT2D eigenvalue weighted by Crippen LogP contribution is -2.30. The van der Waals surface area contributed by atoms with Crippen LogP contribution in [0.2, 0.25) is 0 Å². The zero-order valence-corrected chi connectivity index (χ0v) is 57.9. The molecule has 0 bridgehead atoms. The van der Waals surface area contributed by atoms with Gasteiger partial charge in [0.05, 0.1) is 26.4 Å². The molecule has 6 atom stereocenters. The third-order valence-electron chi connectivity index (χ3n) is 16.1. The number of carbonyl (C=O) groups is 4. The Bertz CT molecular complexity index is 1690. The maximum atomic E-state index is 13.0. The molecule has 3 unspecified atom stereocenters. The molecule has 0 aromatic carbocycles. The monoisotopic (exact) mass is 1280 g/mol. The molecule has 0 spiro atoms. The highest BCUT2D eigenvalue weighted by atomic mass is 31.2. The predicted molar refractivity (Wildman–Crippen MR) is 349 cm³/mol. The molecule has 19 heteroatoms. The van der Waals surface area contributed by atoms with Gasteiger partial charge in [0.2, 0.25) is 0 Å². The van der Waals surface area contributed by atoms with Gasteiger partial charge in [-0.05, 0) is 31.6 Å². The van der Waals surface area contributed by atoms with Gasteiger partial charge in [-0.25, -0.2) is 9.13 Å². The van der Waals surface area contributed by atoms with Crippen molar-refractivity contribution >= 4 is 39.5 Å². The van der Waals surface area contributed by atoms with Gasteiger partial charge < -0.3 is 33.8 Å². The van der Waals surface area contributed by atoms with Crippen LogP contribution in [0, 0.1) is 5.92 Å². The molecule has 0 rings (SSSR count). The van der Waals surface area contributed by atoms with Gasteiger partial charge in [0.25, 0.3) is 0 Å². The average molecular weight is 1280 g/mol. The van der Waals surface area contributed by atoms with E-state index in [4.69, 9.17) is 37.0 Å². The van der Waals surface area contributed by atoms with Gasteiger partial charge in [-0.2, -0.15) is 0 Å². The first-order valence-corrected chi connectivity index (χ1v) is 38.7. The van der Waals surface area contributed by atoms with Crippen LogP contribution < -0.4 is 0 Å². The second-order valence-electron chi connectivity index (χ2n) is 24.8. The van der Waals surface area contributed by atoms with Crippen LogP contribution >= 0.6 is 15.6 Å². The quantitative estimate of drug-likeness (QED) is 0.0222. The van der Waals surface area contributed by atoms with Gasteiger partial charge in [0, 0.05) is 25.7 Å². The van der Waals surface area contributed by atoms with Gasteiger partial charge >= 0.3 is 39.5 Å².